The van der Waals surface area contributed by atoms with Crippen molar-refractivity contribution in [2.24, 2.45) is 23.7 Å². The molecule has 0 aliphatic heterocycles. The largest absolute Gasteiger partial charge is 0.459 e. The topological polar surface area (TPSA) is 26.3 Å². The Bertz CT molecular complexity index is 565. The summed E-state index contributed by atoms with van der Waals surface area (Å²) in [6.07, 6.45) is 2.74. The molecule has 30 heavy (non-hydrogen) atoms. The van der Waals surface area contributed by atoms with E-state index >= 15 is 0 Å². The van der Waals surface area contributed by atoms with Gasteiger partial charge in [-0.15, -0.1) is 0 Å². The van der Waals surface area contributed by atoms with Crippen molar-refractivity contribution in [1.82, 2.24) is 0 Å². The quantitative estimate of drug-likeness (QED) is 0.302. The Balaban J connectivity index is 1.83. The molecule has 0 unspecified atom stereocenters. The fraction of sp³-hybridized carbons (Fsp3) is 0.950. The molecule has 0 heterocycles. The number of carbonyl (C=O) groups is 1. The smallest absolute Gasteiger partial charge is 0.381 e. The molecule has 0 aromatic carbocycles. The van der Waals surface area contributed by atoms with Gasteiger partial charge in [-0.05, 0) is 56.3 Å². The van der Waals surface area contributed by atoms with E-state index in [-0.39, 0.29) is 0 Å². The van der Waals surface area contributed by atoms with Crippen LogP contribution in [0, 0.1) is 23.7 Å². The predicted molar refractivity (Wildman–Crippen MR) is 93.0 cm³/mol. The van der Waals surface area contributed by atoms with Gasteiger partial charge < -0.3 is 4.74 Å². The van der Waals surface area contributed by atoms with E-state index in [2.05, 4.69) is 11.7 Å². The molecule has 2 saturated carbocycles. The number of ether oxygens (including phenoxy) is 1. The van der Waals surface area contributed by atoms with Gasteiger partial charge in [0.1, 0.15) is 0 Å². The zero-order valence-electron chi connectivity index (χ0n) is 16.8. The van der Waals surface area contributed by atoms with Crippen LogP contribution in [0.5, 0.6) is 0 Å². The zero-order chi connectivity index (χ0) is 22.7. The molecule has 2 aliphatic carbocycles. The van der Waals surface area contributed by atoms with Gasteiger partial charge in [-0.1, -0.05) is 26.2 Å². The number of rotatable bonds is 8. The van der Waals surface area contributed by atoms with Gasteiger partial charge in [-0.2, -0.15) is 26.3 Å². The van der Waals surface area contributed by atoms with Crippen molar-refractivity contribution in [3.05, 3.63) is 0 Å². The average molecular weight is 452 g/mol. The number of carbonyl (C=O) groups excluding carboxylic acids is 1. The van der Waals surface area contributed by atoms with Gasteiger partial charge in [-0.3, -0.25) is 4.79 Å². The molecule has 0 aromatic rings. The minimum absolute atomic E-state index is 0.340. The maximum absolute atomic E-state index is 13.5. The van der Waals surface area contributed by atoms with Gasteiger partial charge >= 0.3 is 30.2 Å². The van der Waals surface area contributed by atoms with Gasteiger partial charge in [0.15, 0.2) is 6.61 Å². The maximum Gasteiger partial charge on any atom is 0.381 e. The highest BCUT2D eigenvalue weighted by Crippen LogP contribution is 2.49. The minimum atomic E-state index is -6.36. The standard InChI is InChI=1S/C20H28F8O2/c1-2-12-3-5-13(6-4-12)14-7-9-15(10-8-14)16(29)30-11-18(23,24)20(27,28)19(25,26)17(21)22/h12-15,17H,2-11H2,1H3/t12-,13-,14-,15-. The predicted octanol–water partition coefficient (Wildman–Crippen LogP) is 6.72. The molecule has 10 heteroatoms. The molecular weight excluding hydrogens is 424 g/mol. The molecule has 2 fully saturated rings. The van der Waals surface area contributed by atoms with Gasteiger partial charge in [0.05, 0.1) is 5.92 Å². The Labute approximate surface area is 170 Å². The summed E-state index contributed by atoms with van der Waals surface area (Å²) in [5.41, 5.74) is 0. The van der Waals surface area contributed by atoms with Crippen molar-refractivity contribution in [1.29, 1.82) is 0 Å². The van der Waals surface area contributed by atoms with E-state index in [4.69, 9.17) is 0 Å². The Morgan fingerprint density at radius 3 is 1.77 bits per heavy atom. The van der Waals surface area contributed by atoms with Crippen LogP contribution in [0.25, 0.3) is 0 Å². The van der Waals surface area contributed by atoms with Gasteiger partial charge in [0.2, 0.25) is 0 Å². The fourth-order valence-corrected chi connectivity index (χ4v) is 4.65. The van der Waals surface area contributed by atoms with Crippen molar-refractivity contribution in [3.8, 4) is 0 Å². The summed E-state index contributed by atoms with van der Waals surface area (Å²) in [5.74, 6) is -18.5. The van der Waals surface area contributed by atoms with Crippen molar-refractivity contribution < 1.29 is 44.7 Å². The number of esters is 1. The summed E-state index contributed by atoms with van der Waals surface area (Å²) < 4.78 is 108. The van der Waals surface area contributed by atoms with Crippen molar-refractivity contribution in [2.75, 3.05) is 6.61 Å². The van der Waals surface area contributed by atoms with Crippen LogP contribution >= 0.6 is 0 Å². The summed E-state index contributed by atoms with van der Waals surface area (Å²) in [5, 5.41) is 0. The van der Waals surface area contributed by atoms with Crippen LogP contribution in [0.1, 0.15) is 64.7 Å². The molecule has 0 N–H and O–H groups in total. The molecule has 176 valence electrons. The van der Waals surface area contributed by atoms with Gasteiger partial charge in [0.25, 0.3) is 0 Å². The summed E-state index contributed by atoms with van der Waals surface area (Å²) in [6.45, 7) is -0.210. The minimum Gasteiger partial charge on any atom is -0.459 e. The lowest BCUT2D eigenvalue weighted by Crippen LogP contribution is -2.59. The molecule has 0 bridgehead atoms. The van der Waals surface area contributed by atoms with E-state index in [0.717, 1.165) is 38.0 Å². The maximum atomic E-state index is 13.5. The third-order valence-corrected chi connectivity index (χ3v) is 6.79. The van der Waals surface area contributed by atoms with Gasteiger partial charge in [0, 0.05) is 0 Å². The average Bonchev–Trinajstić information content (AvgIpc) is 2.71. The first-order valence-corrected chi connectivity index (χ1v) is 10.4. The molecule has 0 atom stereocenters. The SMILES string of the molecule is CC[C@H]1CC[C@H]([C@H]2CC[C@H](C(=O)OCC(F)(F)C(F)(F)C(F)(F)C(F)F)CC2)CC1. The Morgan fingerprint density at radius 1 is 0.867 bits per heavy atom. The van der Waals surface area contributed by atoms with Gasteiger partial charge in [-0.25, -0.2) is 8.78 Å². The summed E-state index contributed by atoms with van der Waals surface area (Å²) in [4.78, 5) is 12.0. The van der Waals surface area contributed by atoms with E-state index in [9.17, 15) is 39.9 Å². The van der Waals surface area contributed by atoms with Crippen LogP contribution in [-0.2, 0) is 9.53 Å². The number of alkyl halides is 8. The lowest BCUT2D eigenvalue weighted by molar-refractivity contribution is -0.344. The Hall–Kier alpha value is -1.09. The number of halogens is 8. The summed E-state index contributed by atoms with van der Waals surface area (Å²) in [7, 11) is 0. The van der Waals surface area contributed by atoms with E-state index in [1.54, 1.807) is 0 Å². The van der Waals surface area contributed by atoms with E-state index < -0.39 is 42.7 Å². The number of hydrogen-bond acceptors (Lipinski definition) is 2. The molecule has 0 spiro atoms. The molecule has 0 aromatic heterocycles. The fourth-order valence-electron chi connectivity index (χ4n) is 4.65. The highest BCUT2D eigenvalue weighted by atomic mass is 19.4. The summed E-state index contributed by atoms with van der Waals surface area (Å²) >= 11 is 0. The second-order valence-electron chi connectivity index (χ2n) is 8.61. The highest BCUT2D eigenvalue weighted by molar-refractivity contribution is 5.72. The van der Waals surface area contributed by atoms with Crippen molar-refractivity contribution in [3.63, 3.8) is 0 Å². The lowest BCUT2D eigenvalue weighted by atomic mass is 9.69. The van der Waals surface area contributed by atoms with Crippen LogP contribution in [0.15, 0.2) is 0 Å². The Kier molecular flexibility index (Phi) is 8.05. The van der Waals surface area contributed by atoms with Crippen LogP contribution < -0.4 is 0 Å². The number of hydrogen-bond donors (Lipinski definition) is 0. The molecule has 2 rings (SSSR count). The summed E-state index contributed by atoms with van der Waals surface area (Å²) in [6, 6.07) is 0. The van der Waals surface area contributed by atoms with E-state index in [1.165, 1.54) is 0 Å². The molecule has 0 saturated heterocycles. The molecule has 0 radical (unpaired) electrons. The van der Waals surface area contributed by atoms with Crippen molar-refractivity contribution >= 4 is 5.97 Å². The first-order valence-electron chi connectivity index (χ1n) is 10.4. The van der Waals surface area contributed by atoms with Crippen LogP contribution in [0.2, 0.25) is 0 Å². The highest BCUT2D eigenvalue weighted by Gasteiger charge is 2.75. The molecule has 0 amide bonds. The van der Waals surface area contributed by atoms with Crippen LogP contribution in [-0.4, -0.2) is 36.8 Å². The van der Waals surface area contributed by atoms with E-state index in [0.29, 0.717) is 37.5 Å². The first-order chi connectivity index (χ1) is 13.8. The third-order valence-electron chi connectivity index (χ3n) is 6.79. The normalized spacial score (nSPS) is 29.1. The van der Waals surface area contributed by atoms with Crippen LogP contribution in [0.4, 0.5) is 35.1 Å². The van der Waals surface area contributed by atoms with Crippen LogP contribution in [0.3, 0.4) is 0 Å². The van der Waals surface area contributed by atoms with E-state index in [1.807, 2.05) is 0 Å². The molecular formula is C20H28F8O2. The second kappa shape index (κ2) is 9.59. The zero-order valence-corrected chi connectivity index (χ0v) is 16.8. The molecule has 2 nitrogen and oxygen atoms in total. The Morgan fingerprint density at radius 2 is 1.33 bits per heavy atom. The molecule has 2 aliphatic rings. The monoisotopic (exact) mass is 452 g/mol. The van der Waals surface area contributed by atoms with Crippen molar-refractivity contribution in [2.45, 2.75) is 88.9 Å². The third kappa shape index (κ3) is 5.21. The second-order valence-corrected chi connectivity index (χ2v) is 8.61. The first kappa shape index (κ1) is 25.2. The lowest BCUT2D eigenvalue weighted by Gasteiger charge is -2.37.